The van der Waals surface area contributed by atoms with Gasteiger partial charge in [-0.3, -0.25) is 4.90 Å². The van der Waals surface area contributed by atoms with Gasteiger partial charge in [0, 0.05) is 12.1 Å². The highest BCUT2D eigenvalue weighted by Gasteiger charge is 2.42. The summed E-state index contributed by atoms with van der Waals surface area (Å²) >= 11 is 0. The molecule has 3 nitrogen and oxygen atoms in total. The summed E-state index contributed by atoms with van der Waals surface area (Å²) in [5.41, 5.74) is 4.68. The Morgan fingerprint density at radius 2 is 1.83 bits per heavy atom. The summed E-state index contributed by atoms with van der Waals surface area (Å²) < 4.78 is 5.09. The van der Waals surface area contributed by atoms with Crippen LogP contribution in [-0.4, -0.2) is 37.1 Å². The van der Waals surface area contributed by atoms with Gasteiger partial charge in [0.2, 0.25) is 0 Å². The molecule has 2 aliphatic heterocycles. The van der Waals surface area contributed by atoms with Crippen LogP contribution >= 0.6 is 0 Å². The van der Waals surface area contributed by atoms with E-state index >= 15 is 0 Å². The molecule has 0 saturated carbocycles. The second kappa shape index (κ2) is 5.79. The minimum atomic E-state index is -0.169. The number of nitrogens with zero attached hydrogens (tertiary/aromatic N) is 1. The van der Waals surface area contributed by atoms with E-state index in [0.717, 1.165) is 24.8 Å². The van der Waals surface area contributed by atoms with E-state index in [0.29, 0.717) is 6.04 Å². The van der Waals surface area contributed by atoms with Crippen molar-refractivity contribution in [2.24, 2.45) is 0 Å². The quantitative estimate of drug-likeness (QED) is 0.778. The predicted molar refractivity (Wildman–Crippen MR) is 93.3 cm³/mol. The first kappa shape index (κ1) is 16.3. The average molecular weight is 313 g/mol. The van der Waals surface area contributed by atoms with E-state index in [2.05, 4.69) is 57.0 Å². The zero-order valence-corrected chi connectivity index (χ0v) is 14.8. The highest BCUT2D eigenvalue weighted by molar-refractivity contribution is 5.99. The van der Waals surface area contributed by atoms with Crippen LogP contribution in [0.15, 0.2) is 29.8 Å². The minimum absolute atomic E-state index is 0.143. The van der Waals surface area contributed by atoms with Crippen molar-refractivity contribution in [1.29, 1.82) is 0 Å². The summed E-state index contributed by atoms with van der Waals surface area (Å²) in [7, 11) is 3.61. The summed E-state index contributed by atoms with van der Waals surface area (Å²) in [6, 6.07) is 9.48. The Morgan fingerprint density at radius 3 is 2.39 bits per heavy atom. The SMILES string of the molecule is COC(=O)C1=C(c2ccc(C(C)(C)C)cc2)CC2CCC1N2C. The van der Waals surface area contributed by atoms with E-state index in [1.165, 1.54) is 23.8 Å². The Bertz CT molecular complexity index is 637. The number of benzene rings is 1. The van der Waals surface area contributed by atoms with Crippen LogP contribution in [0.4, 0.5) is 0 Å². The van der Waals surface area contributed by atoms with Crippen molar-refractivity contribution >= 4 is 11.5 Å². The maximum atomic E-state index is 12.4. The van der Waals surface area contributed by atoms with Crippen molar-refractivity contribution in [3.05, 3.63) is 41.0 Å². The third-order valence-electron chi connectivity index (χ3n) is 5.44. The van der Waals surface area contributed by atoms with Crippen LogP contribution in [0.1, 0.15) is 51.2 Å². The van der Waals surface area contributed by atoms with Gasteiger partial charge in [0.05, 0.1) is 12.7 Å². The lowest BCUT2D eigenvalue weighted by molar-refractivity contribution is -0.136. The lowest BCUT2D eigenvalue weighted by Gasteiger charge is -2.34. The van der Waals surface area contributed by atoms with Crippen molar-refractivity contribution in [2.75, 3.05) is 14.2 Å². The van der Waals surface area contributed by atoms with Gasteiger partial charge in [-0.2, -0.15) is 0 Å². The van der Waals surface area contributed by atoms with E-state index in [4.69, 9.17) is 4.74 Å². The molecule has 0 N–H and O–H groups in total. The number of likely N-dealkylation sites (N-methyl/N-ethyl adjacent to an activating group) is 1. The summed E-state index contributed by atoms with van der Waals surface area (Å²) in [4.78, 5) is 14.7. The fourth-order valence-electron chi connectivity index (χ4n) is 3.97. The van der Waals surface area contributed by atoms with Crippen molar-refractivity contribution < 1.29 is 9.53 Å². The Kier molecular flexibility index (Phi) is 4.09. The monoisotopic (exact) mass is 313 g/mol. The molecule has 0 amide bonds. The Balaban J connectivity index is 2.04. The lowest BCUT2D eigenvalue weighted by Crippen LogP contribution is -2.40. The van der Waals surface area contributed by atoms with Crippen LogP contribution < -0.4 is 0 Å². The predicted octanol–water partition coefficient (Wildman–Crippen LogP) is 3.78. The fourth-order valence-corrected chi connectivity index (χ4v) is 3.97. The third-order valence-corrected chi connectivity index (χ3v) is 5.44. The van der Waals surface area contributed by atoms with Crippen LogP contribution in [0.2, 0.25) is 0 Å². The number of ether oxygens (including phenoxy) is 1. The third kappa shape index (κ3) is 2.83. The van der Waals surface area contributed by atoms with Gasteiger partial charge in [0.25, 0.3) is 0 Å². The van der Waals surface area contributed by atoms with Crippen molar-refractivity contribution in [1.82, 2.24) is 4.90 Å². The second-order valence-electron chi connectivity index (χ2n) is 7.83. The molecular formula is C20H27NO2. The molecule has 2 atom stereocenters. The molecule has 124 valence electrons. The first-order valence-electron chi connectivity index (χ1n) is 8.47. The first-order chi connectivity index (χ1) is 10.8. The first-order valence-corrected chi connectivity index (χ1v) is 8.47. The maximum absolute atomic E-state index is 12.4. The lowest BCUT2D eigenvalue weighted by atomic mass is 9.84. The zero-order chi connectivity index (χ0) is 16.8. The molecular weight excluding hydrogens is 286 g/mol. The summed E-state index contributed by atoms with van der Waals surface area (Å²) in [6.45, 7) is 6.66. The number of methoxy groups -OCH3 is 1. The van der Waals surface area contributed by atoms with Crippen LogP contribution in [0.3, 0.4) is 0 Å². The van der Waals surface area contributed by atoms with E-state index in [1.807, 2.05) is 0 Å². The number of carbonyl (C=O) groups excluding carboxylic acids is 1. The zero-order valence-electron chi connectivity index (χ0n) is 14.8. The molecule has 2 heterocycles. The number of hydrogen-bond acceptors (Lipinski definition) is 3. The molecule has 2 aliphatic rings. The van der Waals surface area contributed by atoms with Gasteiger partial charge < -0.3 is 4.74 Å². The Morgan fingerprint density at radius 1 is 1.17 bits per heavy atom. The van der Waals surface area contributed by atoms with Gasteiger partial charge in [-0.15, -0.1) is 0 Å². The molecule has 1 saturated heterocycles. The average Bonchev–Trinajstić information content (AvgIpc) is 2.75. The molecule has 1 fully saturated rings. The molecule has 0 spiro atoms. The van der Waals surface area contributed by atoms with Crippen molar-refractivity contribution in [2.45, 2.75) is 57.5 Å². The van der Waals surface area contributed by atoms with Crippen molar-refractivity contribution in [3.8, 4) is 0 Å². The topological polar surface area (TPSA) is 29.5 Å². The van der Waals surface area contributed by atoms with Gasteiger partial charge in [0.1, 0.15) is 0 Å². The van der Waals surface area contributed by atoms with Crippen LogP contribution in [0, 0.1) is 0 Å². The Labute approximate surface area is 139 Å². The standard InChI is InChI=1S/C20H27NO2/c1-20(2,3)14-8-6-13(7-9-14)16-12-15-10-11-17(21(15)4)18(16)19(22)23-5/h6-9,15,17H,10-12H2,1-5H3. The highest BCUT2D eigenvalue weighted by Crippen LogP contribution is 2.42. The molecule has 2 bridgehead atoms. The van der Waals surface area contributed by atoms with Crippen LogP contribution in [0.5, 0.6) is 0 Å². The van der Waals surface area contributed by atoms with Gasteiger partial charge in [-0.25, -0.2) is 4.79 Å². The normalized spacial score (nSPS) is 24.9. The molecule has 1 aromatic carbocycles. The number of fused-ring (bicyclic) bond motifs is 2. The van der Waals surface area contributed by atoms with E-state index < -0.39 is 0 Å². The highest BCUT2D eigenvalue weighted by atomic mass is 16.5. The molecule has 0 radical (unpaired) electrons. The molecule has 3 rings (SSSR count). The summed E-state index contributed by atoms with van der Waals surface area (Å²) in [5.74, 6) is -0.169. The minimum Gasteiger partial charge on any atom is -0.466 e. The smallest absolute Gasteiger partial charge is 0.335 e. The van der Waals surface area contributed by atoms with Crippen LogP contribution in [0.25, 0.3) is 5.57 Å². The largest absolute Gasteiger partial charge is 0.466 e. The number of carbonyl (C=O) groups is 1. The Hall–Kier alpha value is -1.61. The molecule has 0 aromatic heterocycles. The fraction of sp³-hybridized carbons (Fsp3) is 0.550. The number of rotatable bonds is 2. The van der Waals surface area contributed by atoms with Gasteiger partial charge in [-0.05, 0) is 48.4 Å². The van der Waals surface area contributed by atoms with E-state index in [-0.39, 0.29) is 17.4 Å². The summed E-state index contributed by atoms with van der Waals surface area (Å²) in [5, 5.41) is 0. The van der Waals surface area contributed by atoms with Gasteiger partial charge >= 0.3 is 5.97 Å². The molecule has 0 aliphatic carbocycles. The van der Waals surface area contributed by atoms with Gasteiger partial charge in [-0.1, -0.05) is 45.0 Å². The summed E-state index contributed by atoms with van der Waals surface area (Å²) in [6.07, 6.45) is 3.15. The molecule has 2 unspecified atom stereocenters. The number of hydrogen-bond donors (Lipinski definition) is 0. The number of esters is 1. The second-order valence-corrected chi connectivity index (χ2v) is 7.83. The van der Waals surface area contributed by atoms with Crippen LogP contribution in [-0.2, 0) is 14.9 Å². The van der Waals surface area contributed by atoms with E-state index in [1.54, 1.807) is 0 Å². The molecule has 3 heteroatoms. The maximum Gasteiger partial charge on any atom is 0.335 e. The van der Waals surface area contributed by atoms with Gasteiger partial charge in [0.15, 0.2) is 0 Å². The van der Waals surface area contributed by atoms with E-state index in [9.17, 15) is 4.79 Å². The molecule has 1 aromatic rings. The molecule has 23 heavy (non-hydrogen) atoms. The van der Waals surface area contributed by atoms with Crippen molar-refractivity contribution in [3.63, 3.8) is 0 Å².